The predicted molar refractivity (Wildman–Crippen MR) is 130 cm³/mol. The SMILES string of the molecule is CCOC(=O)NC(=O)OC(C(Oc1ccc(-c2ccccc2)cc1)n1cncn1)C(C)(C)CBr. The van der Waals surface area contributed by atoms with E-state index in [0.29, 0.717) is 11.1 Å². The molecule has 0 spiro atoms. The van der Waals surface area contributed by atoms with Gasteiger partial charge in [0.05, 0.1) is 6.61 Å². The van der Waals surface area contributed by atoms with Gasteiger partial charge in [0, 0.05) is 10.7 Å². The van der Waals surface area contributed by atoms with E-state index >= 15 is 0 Å². The van der Waals surface area contributed by atoms with E-state index < -0.39 is 29.9 Å². The summed E-state index contributed by atoms with van der Waals surface area (Å²) >= 11 is 3.49. The van der Waals surface area contributed by atoms with Crippen molar-refractivity contribution in [3.05, 3.63) is 67.3 Å². The van der Waals surface area contributed by atoms with E-state index in [1.807, 2.05) is 68.4 Å². The van der Waals surface area contributed by atoms with Gasteiger partial charge in [-0.05, 0) is 30.2 Å². The first-order chi connectivity index (χ1) is 16.3. The van der Waals surface area contributed by atoms with Gasteiger partial charge in [-0.25, -0.2) is 24.6 Å². The largest absolute Gasteiger partial charge is 0.465 e. The summed E-state index contributed by atoms with van der Waals surface area (Å²) in [5, 5.41) is 6.74. The number of halogens is 1. The zero-order chi connectivity index (χ0) is 24.6. The Morgan fingerprint density at radius 1 is 1.06 bits per heavy atom. The summed E-state index contributed by atoms with van der Waals surface area (Å²) < 4.78 is 18.2. The Bertz CT molecular complexity index is 1060. The van der Waals surface area contributed by atoms with Crippen molar-refractivity contribution in [2.45, 2.75) is 33.1 Å². The summed E-state index contributed by atoms with van der Waals surface area (Å²) in [5.41, 5.74) is 1.50. The number of alkyl halides is 1. The number of rotatable bonds is 9. The van der Waals surface area contributed by atoms with Gasteiger partial charge in [-0.1, -0.05) is 72.2 Å². The quantitative estimate of drug-likeness (QED) is 0.379. The van der Waals surface area contributed by atoms with Crippen LogP contribution in [-0.4, -0.2) is 45.0 Å². The molecule has 2 atom stereocenters. The van der Waals surface area contributed by atoms with E-state index in [4.69, 9.17) is 14.2 Å². The van der Waals surface area contributed by atoms with Crippen molar-refractivity contribution in [2.24, 2.45) is 5.41 Å². The fraction of sp³-hybridized carbons (Fsp3) is 0.333. The fourth-order valence-electron chi connectivity index (χ4n) is 3.17. The second-order valence-electron chi connectivity index (χ2n) is 8.07. The fourth-order valence-corrected chi connectivity index (χ4v) is 3.49. The van der Waals surface area contributed by atoms with Gasteiger partial charge in [0.15, 0.2) is 6.10 Å². The molecule has 0 fully saturated rings. The summed E-state index contributed by atoms with van der Waals surface area (Å²) in [6.07, 6.45) is -0.732. The van der Waals surface area contributed by atoms with E-state index in [1.165, 1.54) is 17.3 Å². The minimum Gasteiger partial charge on any atom is -0.465 e. The monoisotopic (exact) mass is 530 g/mol. The number of nitrogens with one attached hydrogen (secondary N) is 1. The number of hydrogen-bond acceptors (Lipinski definition) is 7. The summed E-state index contributed by atoms with van der Waals surface area (Å²) in [6.45, 7) is 5.56. The summed E-state index contributed by atoms with van der Waals surface area (Å²) in [7, 11) is 0. The minimum absolute atomic E-state index is 0.124. The highest BCUT2D eigenvalue weighted by Crippen LogP contribution is 2.35. The van der Waals surface area contributed by atoms with Gasteiger partial charge in [-0.2, -0.15) is 5.10 Å². The predicted octanol–water partition coefficient (Wildman–Crippen LogP) is 5.20. The molecule has 0 aliphatic heterocycles. The van der Waals surface area contributed by atoms with Crippen molar-refractivity contribution in [3.8, 4) is 16.9 Å². The highest BCUT2D eigenvalue weighted by Gasteiger charge is 2.42. The number of imide groups is 1. The van der Waals surface area contributed by atoms with Crippen LogP contribution in [0, 0.1) is 5.41 Å². The van der Waals surface area contributed by atoms with Crippen molar-refractivity contribution < 1.29 is 23.8 Å². The molecule has 0 aliphatic carbocycles. The molecule has 0 bridgehead atoms. The molecule has 9 nitrogen and oxygen atoms in total. The third-order valence-corrected chi connectivity index (χ3v) is 6.45. The average molecular weight is 531 g/mol. The normalized spacial score (nSPS) is 12.9. The van der Waals surface area contributed by atoms with Gasteiger partial charge >= 0.3 is 12.2 Å². The number of alkyl carbamates (subject to hydrolysis) is 2. The van der Waals surface area contributed by atoms with Gasteiger partial charge in [0.25, 0.3) is 0 Å². The molecule has 180 valence electrons. The number of amides is 2. The van der Waals surface area contributed by atoms with Crippen molar-refractivity contribution in [2.75, 3.05) is 11.9 Å². The first-order valence-electron chi connectivity index (χ1n) is 10.7. The molecule has 2 amide bonds. The zero-order valence-corrected chi connectivity index (χ0v) is 20.8. The molecule has 10 heteroatoms. The molecule has 2 unspecified atom stereocenters. The summed E-state index contributed by atoms with van der Waals surface area (Å²) in [4.78, 5) is 28.2. The average Bonchev–Trinajstić information content (AvgIpc) is 3.37. The number of benzene rings is 2. The van der Waals surface area contributed by atoms with Gasteiger partial charge in [-0.3, -0.25) is 0 Å². The van der Waals surface area contributed by atoms with Crippen LogP contribution in [0.5, 0.6) is 5.75 Å². The topological polar surface area (TPSA) is 105 Å². The van der Waals surface area contributed by atoms with Crippen LogP contribution in [0.15, 0.2) is 67.3 Å². The van der Waals surface area contributed by atoms with E-state index in [0.717, 1.165) is 11.1 Å². The van der Waals surface area contributed by atoms with Crippen LogP contribution in [0.2, 0.25) is 0 Å². The molecule has 0 aliphatic rings. The minimum atomic E-state index is -0.953. The van der Waals surface area contributed by atoms with Gasteiger partial charge in [0.2, 0.25) is 6.23 Å². The van der Waals surface area contributed by atoms with Crippen molar-refractivity contribution in [3.63, 3.8) is 0 Å². The highest BCUT2D eigenvalue weighted by atomic mass is 79.9. The molecular weight excluding hydrogens is 504 g/mol. The second kappa shape index (κ2) is 11.6. The van der Waals surface area contributed by atoms with Crippen molar-refractivity contribution >= 4 is 28.1 Å². The van der Waals surface area contributed by atoms with Gasteiger partial charge in [-0.15, -0.1) is 0 Å². The number of aromatic nitrogens is 3. The Balaban J connectivity index is 1.87. The van der Waals surface area contributed by atoms with Crippen LogP contribution in [0.3, 0.4) is 0 Å². The highest BCUT2D eigenvalue weighted by molar-refractivity contribution is 9.09. The molecule has 0 saturated carbocycles. The second-order valence-corrected chi connectivity index (χ2v) is 8.63. The molecule has 2 aromatic carbocycles. The lowest BCUT2D eigenvalue weighted by Crippen LogP contribution is -2.47. The number of carbonyl (C=O) groups is 2. The molecular formula is C24H27BrN4O5. The maximum Gasteiger partial charge on any atom is 0.417 e. The lowest BCUT2D eigenvalue weighted by molar-refractivity contribution is -0.0771. The van der Waals surface area contributed by atoms with Crippen LogP contribution >= 0.6 is 15.9 Å². The maximum atomic E-state index is 12.5. The maximum absolute atomic E-state index is 12.5. The number of ether oxygens (including phenoxy) is 3. The lowest BCUT2D eigenvalue weighted by atomic mass is 9.87. The van der Waals surface area contributed by atoms with E-state index in [2.05, 4.69) is 31.3 Å². The molecule has 0 radical (unpaired) electrons. The Kier molecular flexibility index (Phi) is 8.64. The van der Waals surface area contributed by atoms with Crippen LogP contribution < -0.4 is 10.1 Å². The van der Waals surface area contributed by atoms with Crippen molar-refractivity contribution in [1.82, 2.24) is 20.1 Å². The standard InChI is InChI=1S/C24H27BrN4O5/c1-4-32-22(30)28-23(31)34-20(24(2,3)14-25)21(29-16-26-15-27-29)33-19-12-10-18(11-13-19)17-8-6-5-7-9-17/h5-13,15-16,20-21H,4,14H2,1-3H3,(H,28,30,31). The van der Waals surface area contributed by atoms with E-state index in [-0.39, 0.29) is 6.61 Å². The van der Waals surface area contributed by atoms with Crippen LogP contribution in [-0.2, 0) is 9.47 Å². The zero-order valence-electron chi connectivity index (χ0n) is 19.2. The van der Waals surface area contributed by atoms with E-state index in [1.54, 1.807) is 6.92 Å². The van der Waals surface area contributed by atoms with Gasteiger partial charge in [0.1, 0.15) is 18.4 Å². The molecule has 34 heavy (non-hydrogen) atoms. The smallest absolute Gasteiger partial charge is 0.417 e. The summed E-state index contributed by atoms with van der Waals surface area (Å²) in [5.74, 6) is 0.546. The molecule has 3 aromatic rings. The Labute approximate surface area is 206 Å². The van der Waals surface area contributed by atoms with Crippen LogP contribution in [0.1, 0.15) is 27.0 Å². The Morgan fingerprint density at radius 2 is 1.74 bits per heavy atom. The van der Waals surface area contributed by atoms with Crippen LogP contribution in [0.4, 0.5) is 9.59 Å². The van der Waals surface area contributed by atoms with E-state index in [9.17, 15) is 9.59 Å². The Morgan fingerprint density at radius 3 is 2.32 bits per heavy atom. The number of carbonyl (C=O) groups excluding carboxylic acids is 2. The molecule has 0 saturated heterocycles. The van der Waals surface area contributed by atoms with Crippen LogP contribution in [0.25, 0.3) is 11.1 Å². The first-order valence-corrected chi connectivity index (χ1v) is 11.8. The molecule has 3 rings (SSSR count). The molecule has 1 heterocycles. The van der Waals surface area contributed by atoms with Crippen molar-refractivity contribution in [1.29, 1.82) is 0 Å². The first kappa shape index (κ1) is 25.2. The summed E-state index contributed by atoms with van der Waals surface area (Å²) in [6, 6.07) is 17.5. The number of nitrogens with zero attached hydrogens (tertiary/aromatic N) is 3. The lowest BCUT2D eigenvalue weighted by Gasteiger charge is -2.37. The number of hydrogen-bond donors (Lipinski definition) is 1. The van der Waals surface area contributed by atoms with Gasteiger partial charge < -0.3 is 14.2 Å². The third-order valence-electron chi connectivity index (χ3n) is 5.00. The molecule has 1 N–H and O–H groups in total. The molecule has 1 aromatic heterocycles. The Hall–Kier alpha value is -3.40. The third kappa shape index (κ3) is 6.57.